The lowest BCUT2D eigenvalue weighted by atomic mass is 10.0. The van der Waals surface area contributed by atoms with Gasteiger partial charge in [0.15, 0.2) is 5.78 Å². The van der Waals surface area contributed by atoms with Gasteiger partial charge in [-0.1, -0.05) is 39.1 Å². The highest BCUT2D eigenvalue weighted by molar-refractivity contribution is 9.10. The molecule has 0 bridgehead atoms. The van der Waals surface area contributed by atoms with Crippen LogP contribution in [0.1, 0.15) is 15.9 Å². The molecule has 0 heterocycles. The average Bonchev–Trinajstić information content (AvgIpc) is 2.37. The first-order valence-corrected chi connectivity index (χ1v) is 6.91. The third-order valence-electron chi connectivity index (χ3n) is 2.59. The number of halogens is 3. The van der Waals surface area contributed by atoms with E-state index >= 15 is 0 Å². The van der Waals surface area contributed by atoms with Crippen molar-refractivity contribution in [3.8, 4) is 5.75 Å². The molecule has 0 aliphatic heterocycles. The first-order valence-electron chi connectivity index (χ1n) is 5.36. The van der Waals surface area contributed by atoms with Crippen molar-refractivity contribution >= 4 is 44.9 Å². The van der Waals surface area contributed by atoms with Crippen molar-refractivity contribution in [1.82, 2.24) is 0 Å². The standard InChI is InChI=1S/C14H9BrCl2O2/c1-19-10-4-2-8(3-5-10)14(18)13-11(16)6-9(15)7-12(13)17/h2-7H,1H3. The summed E-state index contributed by atoms with van der Waals surface area (Å²) in [7, 11) is 1.57. The highest BCUT2D eigenvalue weighted by Gasteiger charge is 2.17. The van der Waals surface area contributed by atoms with Gasteiger partial charge in [-0.15, -0.1) is 0 Å². The molecule has 0 aromatic heterocycles. The molecule has 2 aromatic rings. The van der Waals surface area contributed by atoms with Crippen molar-refractivity contribution in [2.75, 3.05) is 7.11 Å². The third-order valence-corrected chi connectivity index (χ3v) is 3.64. The van der Waals surface area contributed by atoms with E-state index in [1.165, 1.54) is 0 Å². The largest absolute Gasteiger partial charge is 0.497 e. The minimum absolute atomic E-state index is 0.217. The minimum Gasteiger partial charge on any atom is -0.497 e. The second-order valence-electron chi connectivity index (χ2n) is 3.80. The van der Waals surface area contributed by atoms with Gasteiger partial charge in [0.05, 0.1) is 22.7 Å². The van der Waals surface area contributed by atoms with Gasteiger partial charge in [0, 0.05) is 10.0 Å². The zero-order chi connectivity index (χ0) is 14.0. The van der Waals surface area contributed by atoms with Crippen LogP contribution in [0.2, 0.25) is 10.0 Å². The van der Waals surface area contributed by atoms with Gasteiger partial charge in [-0.2, -0.15) is 0 Å². The van der Waals surface area contributed by atoms with Gasteiger partial charge in [0.25, 0.3) is 0 Å². The molecular weight excluding hydrogens is 351 g/mol. The third kappa shape index (κ3) is 3.11. The lowest BCUT2D eigenvalue weighted by molar-refractivity contribution is 0.103. The van der Waals surface area contributed by atoms with E-state index in [9.17, 15) is 4.79 Å². The number of ether oxygens (including phenoxy) is 1. The van der Waals surface area contributed by atoms with Crippen LogP contribution < -0.4 is 4.74 Å². The van der Waals surface area contributed by atoms with Crippen molar-refractivity contribution in [2.24, 2.45) is 0 Å². The van der Waals surface area contributed by atoms with Crippen LogP contribution in [-0.2, 0) is 0 Å². The molecule has 0 aliphatic rings. The van der Waals surface area contributed by atoms with Crippen LogP contribution in [0.25, 0.3) is 0 Å². The van der Waals surface area contributed by atoms with Crippen molar-refractivity contribution in [1.29, 1.82) is 0 Å². The molecular formula is C14H9BrCl2O2. The fraction of sp³-hybridized carbons (Fsp3) is 0.0714. The quantitative estimate of drug-likeness (QED) is 0.721. The lowest BCUT2D eigenvalue weighted by Gasteiger charge is -2.07. The molecule has 0 amide bonds. The van der Waals surface area contributed by atoms with E-state index in [-0.39, 0.29) is 5.78 Å². The number of carbonyl (C=O) groups is 1. The molecule has 0 aliphatic carbocycles. The Kier molecular flexibility index (Phi) is 4.50. The molecule has 0 radical (unpaired) electrons. The Morgan fingerprint density at radius 3 is 2.11 bits per heavy atom. The van der Waals surface area contributed by atoms with Crippen molar-refractivity contribution in [3.05, 3.63) is 62.0 Å². The SMILES string of the molecule is COc1ccc(C(=O)c2c(Cl)cc(Br)cc2Cl)cc1. The van der Waals surface area contributed by atoms with E-state index in [1.807, 2.05) is 0 Å². The van der Waals surface area contributed by atoms with E-state index in [0.29, 0.717) is 26.9 Å². The monoisotopic (exact) mass is 358 g/mol. The highest BCUT2D eigenvalue weighted by atomic mass is 79.9. The van der Waals surface area contributed by atoms with Gasteiger partial charge < -0.3 is 4.74 Å². The van der Waals surface area contributed by atoms with Crippen LogP contribution in [-0.4, -0.2) is 12.9 Å². The molecule has 2 aromatic carbocycles. The molecule has 0 saturated heterocycles. The number of methoxy groups -OCH3 is 1. The number of ketones is 1. The average molecular weight is 360 g/mol. The Morgan fingerprint density at radius 1 is 1.11 bits per heavy atom. The van der Waals surface area contributed by atoms with Gasteiger partial charge in [0.1, 0.15) is 5.75 Å². The number of hydrogen-bond acceptors (Lipinski definition) is 2. The second kappa shape index (κ2) is 5.95. The summed E-state index contributed by atoms with van der Waals surface area (Å²) in [6.07, 6.45) is 0. The smallest absolute Gasteiger partial charge is 0.196 e. The highest BCUT2D eigenvalue weighted by Crippen LogP contribution is 2.31. The molecule has 98 valence electrons. The van der Waals surface area contributed by atoms with Crippen molar-refractivity contribution in [3.63, 3.8) is 0 Å². The first-order chi connectivity index (χ1) is 9.02. The summed E-state index contributed by atoms with van der Waals surface area (Å²) in [5, 5.41) is 0.639. The molecule has 0 N–H and O–H groups in total. The molecule has 0 saturated carbocycles. The molecule has 0 fully saturated rings. The summed E-state index contributed by atoms with van der Waals surface area (Å²) >= 11 is 15.4. The maximum absolute atomic E-state index is 12.4. The molecule has 5 heteroatoms. The number of rotatable bonds is 3. The fourth-order valence-corrected chi connectivity index (χ4v) is 3.03. The van der Waals surface area contributed by atoms with Gasteiger partial charge >= 0.3 is 0 Å². The number of carbonyl (C=O) groups excluding carboxylic acids is 1. The minimum atomic E-state index is -0.217. The Hall–Kier alpha value is -1.03. The normalized spacial score (nSPS) is 10.3. The lowest BCUT2D eigenvalue weighted by Crippen LogP contribution is -2.03. The van der Waals surface area contributed by atoms with E-state index in [1.54, 1.807) is 43.5 Å². The van der Waals surface area contributed by atoms with Gasteiger partial charge in [-0.25, -0.2) is 0 Å². The van der Waals surface area contributed by atoms with Gasteiger partial charge in [-0.3, -0.25) is 4.79 Å². The summed E-state index contributed by atoms with van der Waals surface area (Å²) in [5.41, 5.74) is 0.809. The van der Waals surface area contributed by atoms with Crippen LogP contribution in [0.15, 0.2) is 40.9 Å². The maximum atomic E-state index is 12.4. The summed E-state index contributed by atoms with van der Waals surface area (Å²) in [6.45, 7) is 0. The summed E-state index contributed by atoms with van der Waals surface area (Å²) in [6, 6.07) is 10.1. The van der Waals surface area contributed by atoms with Crippen molar-refractivity contribution < 1.29 is 9.53 Å². The second-order valence-corrected chi connectivity index (χ2v) is 5.53. The molecule has 0 unspecified atom stereocenters. The zero-order valence-corrected chi connectivity index (χ0v) is 13.0. The molecule has 19 heavy (non-hydrogen) atoms. The van der Waals surface area contributed by atoms with Gasteiger partial charge in [-0.05, 0) is 36.4 Å². The maximum Gasteiger partial charge on any atom is 0.196 e. The Morgan fingerprint density at radius 2 is 1.63 bits per heavy atom. The van der Waals surface area contributed by atoms with Gasteiger partial charge in [0.2, 0.25) is 0 Å². The van der Waals surface area contributed by atoms with Crippen molar-refractivity contribution in [2.45, 2.75) is 0 Å². The Bertz CT molecular complexity index is 601. The predicted molar refractivity (Wildman–Crippen MR) is 80.6 cm³/mol. The first kappa shape index (κ1) is 14.4. The van der Waals surface area contributed by atoms with Crippen LogP contribution >= 0.6 is 39.1 Å². The molecule has 2 nitrogen and oxygen atoms in total. The van der Waals surface area contributed by atoms with Crippen LogP contribution in [0, 0.1) is 0 Å². The molecule has 0 atom stereocenters. The van der Waals surface area contributed by atoms with E-state index < -0.39 is 0 Å². The Labute approximate surface area is 129 Å². The summed E-state index contributed by atoms with van der Waals surface area (Å²) < 4.78 is 5.78. The van der Waals surface area contributed by atoms with E-state index in [0.717, 1.165) is 4.47 Å². The van der Waals surface area contributed by atoms with E-state index in [2.05, 4.69) is 15.9 Å². The topological polar surface area (TPSA) is 26.3 Å². The summed E-state index contributed by atoms with van der Waals surface area (Å²) in [5.74, 6) is 0.467. The molecule has 0 spiro atoms. The fourth-order valence-electron chi connectivity index (χ4n) is 1.65. The van der Waals surface area contributed by atoms with Crippen LogP contribution in [0.3, 0.4) is 0 Å². The zero-order valence-electron chi connectivity index (χ0n) is 9.91. The van der Waals surface area contributed by atoms with Crippen LogP contribution in [0.5, 0.6) is 5.75 Å². The number of benzene rings is 2. The Balaban J connectivity index is 2.44. The van der Waals surface area contributed by atoms with Crippen LogP contribution in [0.4, 0.5) is 0 Å². The van der Waals surface area contributed by atoms with E-state index in [4.69, 9.17) is 27.9 Å². The summed E-state index contributed by atoms with van der Waals surface area (Å²) in [4.78, 5) is 12.4. The molecule has 2 rings (SSSR count). The predicted octanol–water partition coefficient (Wildman–Crippen LogP) is 5.00. The number of hydrogen-bond donors (Lipinski definition) is 0.